The first-order valence-electron chi connectivity index (χ1n) is 11.8. The lowest BCUT2D eigenvalue weighted by Gasteiger charge is -2.15. The molecule has 4 aromatic rings. The second kappa shape index (κ2) is 10.3. The molecule has 0 radical (unpaired) electrons. The van der Waals surface area contributed by atoms with E-state index in [1.54, 1.807) is 11.9 Å². The molecule has 0 aliphatic carbocycles. The van der Waals surface area contributed by atoms with Gasteiger partial charge in [-0.3, -0.25) is 4.79 Å². The van der Waals surface area contributed by atoms with E-state index in [4.69, 9.17) is 4.74 Å². The van der Waals surface area contributed by atoms with Crippen LogP contribution >= 0.6 is 0 Å². The summed E-state index contributed by atoms with van der Waals surface area (Å²) in [5.41, 5.74) is 4.93. The first kappa shape index (κ1) is 25.1. The molecule has 0 amide bonds. The number of hydrogen-bond donors (Lipinski definition) is 1. The molecule has 9 heteroatoms. The summed E-state index contributed by atoms with van der Waals surface area (Å²) in [7, 11) is 1.59. The average molecular weight is 486 g/mol. The van der Waals surface area contributed by atoms with Crippen molar-refractivity contribution in [3.63, 3.8) is 0 Å². The molecule has 9 nitrogen and oxygen atoms in total. The first-order valence-corrected chi connectivity index (χ1v) is 11.8. The summed E-state index contributed by atoms with van der Waals surface area (Å²) in [6, 6.07) is 16.3. The van der Waals surface area contributed by atoms with Crippen LogP contribution in [0.15, 0.2) is 48.5 Å². The fourth-order valence-corrected chi connectivity index (χ4v) is 3.90. The molecule has 36 heavy (non-hydrogen) atoms. The van der Waals surface area contributed by atoms with Gasteiger partial charge < -0.3 is 10.1 Å². The summed E-state index contributed by atoms with van der Waals surface area (Å²) in [5.74, 6) is 1.56. The highest BCUT2D eigenvalue weighted by Crippen LogP contribution is 2.30. The molecule has 186 valence electrons. The fourth-order valence-electron chi connectivity index (χ4n) is 3.90. The van der Waals surface area contributed by atoms with Gasteiger partial charge in [0.05, 0.1) is 16.8 Å². The first-order chi connectivity index (χ1) is 17.2. The Morgan fingerprint density at radius 2 is 1.72 bits per heavy atom. The van der Waals surface area contributed by atoms with Crippen molar-refractivity contribution in [1.82, 2.24) is 30.2 Å². The van der Waals surface area contributed by atoms with Crippen molar-refractivity contribution >= 4 is 11.6 Å². The van der Waals surface area contributed by atoms with Gasteiger partial charge in [-0.1, -0.05) is 48.5 Å². The largest absolute Gasteiger partial charge is 0.377 e. The molecule has 0 aliphatic rings. The Hall–Kier alpha value is -3.98. The molecular weight excluding hydrogens is 454 g/mol. The number of nitrogens with one attached hydrogen (secondary N) is 1. The number of methoxy groups -OCH3 is 1. The molecule has 1 N–H and O–H groups in total. The van der Waals surface area contributed by atoms with Gasteiger partial charge in [0, 0.05) is 19.2 Å². The molecule has 0 saturated heterocycles. The minimum Gasteiger partial charge on any atom is -0.377 e. The number of Topliss-reactive ketones (excluding diaryl/α,β-unsaturated/α-hetero) is 1. The number of nitrogens with zero attached hydrogens (tertiary/aromatic N) is 6. The van der Waals surface area contributed by atoms with Crippen molar-refractivity contribution in [3.8, 4) is 22.5 Å². The summed E-state index contributed by atoms with van der Waals surface area (Å²) in [5, 5.41) is 16.4. The van der Waals surface area contributed by atoms with Crippen molar-refractivity contribution in [3.05, 3.63) is 71.2 Å². The monoisotopic (exact) mass is 485 g/mol. The number of carbonyl (C=O) groups is 1. The molecule has 2 aromatic carbocycles. The summed E-state index contributed by atoms with van der Waals surface area (Å²) < 4.78 is 5.16. The van der Waals surface area contributed by atoms with Crippen LogP contribution in [0.25, 0.3) is 22.5 Å². The maximum Gasteiger partial charge on any atom is 0.205 e. The number of aryl methyl sites for hydroxylation is 1. The lowest BCUT2D eigenvalue weighted by molar-refractivity contribution is 0.101. The van der Waals surface area contributed by atoms with E-state index in [2.05, 4.69) is 61.0 Å². The quantitative estimate of drug-likeness (QED) is 0.354. The van der Waals surface area contributed by atoms with E-state index in [9.17, 15) is 4.79 Å². The second-order valence-electron chi connectivity index (χ2n) is 9.61. The van der Waals surface area contributed by atoms with Crippen molar-refractivity contribution < 1.29 is 9.53 Å². The summed E-state index contributed by atoms with van der Waals surface area (Å²) >= 11 is 0. The van der Waals surface area contributed by atoms with Crippen LogP contribution in [0, 0.1) is 6.92 Å². The molecule has 0 unspecified atom stereocenters. The van der Waals surface area contributed by atoms with E-state index in [0.29, 0.717) is 35.3 Å². The Bertz CT molecular complexity index is 1370. The topological polar surface area (TPSA) is 108 Å². The molecule has 0 saturated carbocycles. The number of rotatable bonds is 8. The van der Waals surface area contributed by atoms with Crippen molar-refractivity contribution in [2.75, 3.05) is 12.4 Å². The molecule has 2 heterocycles. The molecule has 2 aromatic heterocycles. The van der Waals surface area contributed by atoms with Crippen LogP contribution in [0.1, 0.15) is 55.1 Å². The van der Waals surface area contributed by atoms with Crippen LogP contribution in [0.4, 0.5) is 5.82 Å². The van der Waals surface area contributed by atoms with Gasteiger partial charge in [0.15, 0.2) is 11.6 Å². The maximum atomic E-state index is 12.2. The van der Waals surface area contributed by atoms with Gasteiger partial charge in [-0.25, -0.2) is 9.97 Å². The van der Waals surface area contributed by atoms with Crippen LogP contribution in [0.2, 0.25) is 0 Å². The standard InChI is InChI=1S/C27H31N7O2/c1-17-24(18(2)35)26(30-23(29-17)16-36-6)28-15-19-11-13-20(14-12-19)21-9-7-8-10-22(21)25-31-33-34(32-25)27(3,4)5/h7-14H,15-16H2,1-6H3,(H,28,29,30). The lowest BCUT2D eigenvalue weighted by atomic mass is 9.98. The minimum absolute atomic E-state index is 0.0806. The van der Waals surface area contributed by atoms with E-state index >= 15 is 0 Å². The Kier molecular flexibility index (Phi) is 7.21. The SMILES string of the molecule is COCc1nc(C)c(C(C)=O)c(NCc2ccc(-c3ccccc3-c3nnn(C(C)(C)C)n3)cc2)n1. The van der Waals surface area contributed by atoms with Crippen LogP contribution in [-0.4, -0.2) is 43.1 Å². The number of ether oxygens (including phenoxy) is 1. The van der Waals surface area contributed by atoms with Gasteiger partial charge in [0.2, 0.25) is 5.82 Å². The van der Waals surface area contributed by atoms with E-state index in [1.807, 2.05) is 45.9 Å². The fraction of sp³-hybridized carbons (Fsp3) is 0.333. The molecule has 0 atom stereocenters. The van der Waals surface area contributed by atoms with Crippen molar-refractivity contribution in [2.45, 2.75) is 53.3 Å². The summed E-state index contributed by atoms with van der Waals surface area (Å²) in [6.07, 6.45) is 0. The third kappa shape index (κ3) is 5.46. The molecule has 0 spiro atoms. The predicted octanol–water partition coefficient (Wildman–Crippen LogP) is 4.82. The highest BCUT2D eigenvalue weighted by atomic mass is 16.5. The number of anilines is 1. The van der Waals surface area contributed by atoms with Crippen LogP contribution < -0.4 is 5.32 Å². The summed E-state index contributed by atoms with van der Waals surface area (Å²) in [4.78, 5) is 22.7. The molecule has 0 bridgehead atoms. The number of benzene rings is 2. The van der Waals surface area contributed by atoms with Crippen molar-refractivity contribution in [2.24, 2.45) is 0 Å². The minimum atomic E-state index is -0.246. The Balaban J connectivity index is 1.57. The number of aromatic nitrogens is 6. The van der Waals surface area contributed by atoms with E-state index < -0.39 is 0 Å². The normalized spacial score (nSPS) is 11.5. The third-order valence-corrected chi connectivity index (χ3v) is 5.67. The van der Waals surface area contributed by atoms with Crippen LogP contribution in [0.3, 0.4) is 0 Å². The van der Waals surface area contributed by atoms with E-state index in [0.717, 1.165) is 22.3 Å². The van der Waals surface area contributed by atoms with E-state index in [-0.39, 0.29) is 17.9 Å². The van der Waals surface area contributed by atoms with Gasteiger partial charge in [-0.05, 0) is 56.5 Å². The van der Waals surface area contributed by atoms with Gasteiger partial charge in [-0.2, -0.15) is 4.80 Å². The van der Waals surface area contributed by atoms with Crippen molar-refractivity contribution in [1.29, 1.82) is 0 Å². The third-order valence-electron chi connectivity index (χ3n) is 5.67. The maximum absolute atomic E-state index is 12.2. The Morgan fingerprint density at radius 3 is 2.33 bits per heavy atom. The second-order valence-corrected chi connectivity index (χ2v) is 9.61. The summed E-state index contributed by atoms with van der Waals surface area (Å²) in [6.45, 7) is 10.2. The van der Waals surface area contributed by atoms with Gasteiger partial charge in [0.1, 0.15) is 12.4 Å². The zero-order chi connectivity index (χ0) is 25.9. The molecule has 0 aliphatic heterocycles. The number of ketones is 1. The highest BCUT2D eigenvalue weighted by molar-refractivity contribution is 5.99. The zero-order valence-corrected chi connectivity index (χ0v) is 21.5. The molecular formula is C27H31N7O2. The smallest absolute Gasteiger partial charge is 0.205 e. The van der Waals surface area contributed by atoms with Crippen LogP contribution in [0.5, 0.6) is 0 Å². The molecule has 4 rings (SSSR count). The average Bonchev–Trinajstić information content (AvgIpc) is 3.34. The predicted molar refractivity (Wildman–Crippen MR) is 138 cm³/mol. The lowest BCUT2D eigenvalue weighted by Crippen LogP contribution is -2.24. The Labute approximate surface area is 210 Å². The van der Waals surface area contributed by atoms with Crippen LogP contribution in [-0.2, 0) is 23.4 Å². The highest BCUT2D eigenvalue weighted by Gasteiger charge is 2.19. The number of carbonyl (C=O) groups excluding carboxylic acids is 1. The van der Waals surface area contributed by atoms with Gasteiger partial charge in [-0.15, -0.1) is 10.2 Å². The van der Waals surface area contributed by atoms with E-state index in [1.165, 1.54) is 6.92 Å². The number of hydrogen-bond acceptors (Lipinski definition) is 8. The van der Waals surface area contributed by atoms with Gasteiger partial charge in [0.25, 0.3) is 0 Å². The van der Waals surface area contributed by atoms with Gasteiger partial charge >= 0.3 is 0 Å². The molecule has 0 fully saturated rings. The zero-order valence-electron chi connectivity index (χ0n) is 21.5. The number of tetrazole rings is 1. The Morgan fingerprint density at radius 1 is 1.03 bits per heavy atom.